The van der Waals surface area contributed by atoms with Crippen LogP contribution in [0.15, 0.2) is 30.5 Å². The molecule has 0 bridgehead atoms. The van der Waals surface area contributed by atoms with E-state index in [4.69, 9.17) is 10.5 Å². The fraction of sp³-hybridized carbons (Fsp3) is 0.500. The van der Waals surface area contributed by atoms with Gasteiger partial charge < -0.3 is 20.3 Å². The third-order valence-electron chi connectivity index (χ3n) is 6.61. The molecule has 3 heterocycles. The lowest BCUT2D eigenvalue weighted by atomic mass is 9.90. The van der Waals surface area contributed by atoms with Crippen LogP contribution in [-0.2, 0) is 9.59 Å². The lowest BCUT2D eigenvalue weighted by Gasteiger charge is -2.40. The second-order valence-electron chi connectivity index (χ2n) is 8.58. The van der Waals surface area contributed by atoms with E-state index < -0.39 is 0 Å². The molecular formula is C24H31N5O3. The molecule has 0 aliphatic carbocycles. The zero-order chi connectivity index (χ0) is 22.7. The number of methoxy groups -OCH3 is 1. The molecule has 2 N–H and O–H groups in total. The Morgan fingerprint density at radius 1 is 1.12 bits per heavy atom. The largest absolute Gasteiger partial charge is 0.497 e. The van der Waals surface area contributed by atoms with Crippen LogP contribution < -0.4 is 10.5 Å². The maximum atomic E-state index is 13.6. The number of hydrogen-bond acceptors (Lipinski definition) is 6. The van der Waals surface area contributed by atoms with Gasteiger partial charge in [0.1, 0.15) is 5.75 Å². The first-order chi connectivity index (χ1) is 15.5. The van der Waals surface area contributed by atoms with Crippen LogP contribution in [0.4, 0.5) is 5.95 Å². The van der Waals surface area contributed by atoms with Crippen molar-refractivity contribution < 1.29 is 14.3 Å². The minimum absolute atomic E-state index is 0.0642. The fourth-order valence-electron chi connectivity index (χ4n) is 4.83. The zero-order valence-corrected chi connectivity index (χ0v) is 18.8. The van der Waals surface area contributed by atoms with Crippen LogP contribution in [0.2, 0.25) is 0 Å². The summed E-state index contributed by atoms with van der Waals surface area (Å²) < 4.78 is 5.39. The Hall–Kier alpha value is -3.16. The van der Waals surface area contributed by atoms with Crippen molar-refractivity contribution in [3.8, 4) is 16.9 Å². The van der Waals surface area contributed by atoms with E-state index >= 15 is 0 Å². The highest BCUT2D eigenvalue weighted by Gasteiger charge is 2.36. The first-order valence-corrected chi connectivity index (χ1v) is 11.3. The molecule has 0 spiro atoms. The van der Waals surface area contributed by atoms with Crippen LogP contribution in [0, 0.1) is 5.92 Å². The Bertz CT molecular complexity index is 987. The molecule has 0 radical (unpaired) electrons. The molecule has 2 aromatic rings. The number of benzene rings is 1. The van der Waals surface area contributed by atoms with Gasteiger partial charge in [-0.3, -0.25) is 9.59 Å². The maximum absolute atomic E-state index is 13.6. The van der Waals surface area contributed by atoms with Gasteiger partial charge in [0.2, 0.25) is 17.8 Å². The van der Waals surface area contributed by atoms with Crippen molar-refractivity contribution in [3.05, 3.63) is 36.2 Å². The number of aromatic nitrogens is 2. The van der Waals surface area contributed by atoms with Crippen molar-refractivity contribution in [2.45, 2.75) is 45.1 Å². The average molecular weight is 438 g/mol. The molecule has 2 fully saturated rings. The molecule has 2 saturated heterocycles. The van der Waals surface area contributed by atoms with Crippen LogP contribution in [0.5, 0.6) is 5.75 Å². The van der Waals surface area contributed by atoms with Crippen LogP contribution in [0.1, 0.15) is 50.8 Å². The summed E-state index contributed by atoms with van der Waals surface area (Å²) in [4.78, 5) is 37.9. The predicted octanol–water partition coefficient (Wildman–Crippen LogP) is 3.05. The Morgan fingerprint density at radius 2 is 1.91 bits per heavy atom. The van der Waals surface area contributed by atoms with Crippen LogP contribution in [-0.4, -0.2) is 58.3 Å². The molecule has 1 aromatic heterocycles. The van der Waals surface area contributed by atoms with E-state index in [1.807, 2.05) is 34.1 Å². The van der Waals surface area contributed by atoms with Gasteiger partial charge in [-0.25, -0.2) is 9.97 Å². The summed E-state index contributed by atoms with van der Waals surface area (Å²) in [5.74, 6) is 1.13. The molecule has 8 nitrogen and oxygen atoms in total. The van der Waals surface area contributed by atoms with Gasteiger partial charge in [-0.15, -0.1) is 0 Å². The Morgan fingerprint density at radius 3 is 2.62 bits per heavy atom. The summed E-state index contributed by atoms with van der Waals surface area (Å²) in [5, 5.41) is 0. The number of amides is 2. The maximum Gasteiger partial charge on any atom is 0.226 e. The van der Waals surface area contributed by atoms with Crippen molar-refractivity contribution >= 4 is 17.8 Å². The smallest absolute Gasteiger partial charge is 0.226 e. The highest BCUT2D eigenvalue weighted by Crippen LogP contribution is 2.38. The van der Waals surface area contributed by atoms with E-state index in [1.165, 1.54) is 0 Å². The van der Waals surface area contributed by atoms with Gasteiger partial charge in [-0.05, 0) is 49.8 Å². The molecule has 4 rings (SSSR count). The van der Waals surface area contributed by atoms with Crippen molar-refractivity contribution in [1.82, 2.24) is 19.8 Å². The lowest BCUT2D eigenvalue weighted by Crippen LogP contribution is -2.46. The number of ether oxygens (including phenoxy) is 1. The molecule has 1 aromatic carbocycles. The second kappa shape index (κ2) is 9.54. The molecule has 8 heteroatoms. The van der Waals surface area contributed by atoms with Gasteiger partial charge in [-0.2, -0.15) is 0 Å². The SMILES string of the molecule is COc1cccc(-c2cnc(N)nc2[C@@H]2CCCCN2C(=O)C2CCN(C(C)=O)CC2)c1. The number of rotatable bonds is 4. The van der Waals surface area contributed by atoms with Crippen molar-refractivity contribution in [3.63, 3.8) is 0 Å². The van der Waals surface area contributed by atoms with Gasteiger partial charge in [0, 0.05) is 44.2 Å². The molecule has 2 aliphatic rings. The van der Waals surface area contributed by atoms with Crippen molar-refractivity contribution in [1.29, 1.82) is 0 Å². The van der Waals surface area contributed by atoms with Gasteiger partial charge in [0.15, 0.2) is 0 Å². The summed E-state index contributed by atoms with van der Waals surface area (Å²) in [7, 11) is 1.64. The fourth-order valence-corrected chi connectivity index (χ4v) is 4.83. The Balaban J connectivity index is 1.63. The quantitative estimate of drug-likeness (QED) is 0.789. The number of nitrogen functional groups attached to an aromatic ring is 1. The molecule has 170 valence electrons. The topological polar surface area (TPSA) is 102 Å². The monoisotopic (exact) mass is 437 g/mol. The minimum atomic E-state index is -0.145. The molecule has 2 aliphatic heterocycles. The molecule has 0 unspecified atom stereocenters. The summed E-state index contributed by atoms with van der Waals surface area (Å²) in [6, 6.07) is 7.62. The summed E-state index contributed by atoms with van der Waals surface area (Å²) >= 11 is 0. The van der Waals surface area contributed by atoms with Crippen LogP contribution in [0.25, 0.3) is 11.1 Å². The number of hydrogen-bond donors (Lipinski definition) is 1. The number of nitrogens with two attached hydrogens (primary N) is 1. The third kappa shape index (κ3) is 4.54. The highest BCUT2D eigenvalue weighted by molar-refractivity contribution is 5.81. The van der Waals surface area contributed by atoms with Crippen molar-refractivity contribution in [2.24, 2.45) is 5.92 Å². The van der Waals surface area contributed by atoms with Gasteiger partial charge >= 0.3 is 0 Å². The van der Waals surface area contributed by atoms with Crippen LogP contribution in [0.3, 0.4) is 0 Å². The number of piperidine rings is 2. The van der Waals surface area contributed by atoms with Crippen molar-refractivity contribution in [2.75, 3.05) is 32.5 Å². The van der Waals surface area contributed by atoms with Gasteiger partial charge in [0.25, 0.3) is 0 Å². The van der Waals surface area contributed by atoms with E-state index in [9.17, 15) is 9.59 Å². The highest BCUT2D eigenvalue weighted by atomic mass is 16.5. The molecule has 2 amide bonds. The Kier molecular flexibility index (Phi) is 6.58. The molecule has 0 saturated carbocycles. The minimum Gasteiger partial charge on any atom is -0.497 e. The standard InChI is InChI=1S/C24H31N5O3/c1-16(30)28-12-9-17(10-13-28)23(31)29-11-4-3-8-21(29)22-20(15-26-24(25)27-22)18-6-5-7-19(14-18)32-2/h5-7,14-15,17,21H,3-4,8-13H2,1-2H3,(H2,25,26,27)/t21-/m0/s1. The summed E-state index contributed by atoms with van der Waals surface area (Å²) in [5.41, 5.74) is 8.59. The second-order valence-corrected chi connectivity index (χ2v) is 8.58. The number of carbonyl (C=O) groups is 2. The normalized spacial score (nSPS) is 19.6. The number of nitrogens with zero attached hydrogens (tertiary/aromatic N) is 4. The molecule has 1 atom stereocenters. The lowest BCUT2D eigenvalue weighted by molar-refractivity contribution is -0.143. The Labute approximate surface area is 188 Å². The van der Waals surface area contributed by atoms with E-state index in [0.29, 0.717) is 32.5 Å². The van der Waals surface area contributed by atoms with E-state index in [1.54, 1.807) is 20.2 Å². The number of anilines is 1. The van der Waals surface area contributed by atoms with Crippen LogP contribution >= 0.6 is 0 Å². The van der Waals surface area contributed by atoms with Gasteiger partial charge in [0.05, 0.1) is 18.8 Å². The molecule has 32 heavy (non-hydrogen) atoms. The van der Waals surface area contributed by atoms with Gasteiger partial charge in [-0.1, -0.05) is 12.1 Å². The first kappa shape index (κ1) is 22.0. The predicted molar refractivity (Wildman–Crippen MR) is 122 cm³/mol. The third-order valence-corrected chi connectivity index (χ3v) is 6.61. The van der Waals surface area contributed by atoms with E-state index in [0.717, 1.165) is 41.8 Å². The van der Waals surface area contributed by atoms with E-state index in [2.05, 4.69) is 9.97 Å². The number of carbonyl (C=O) groups excluding carboxylic acids is 2. The zero-order valence-electron chi connectivity index (χ0n) is 18.8. The molecular weight excluding hydrogens is 406 g/mol. The first-order valence-electron chi connectivity index (χ1n) is 11.3. The summed E-state index contributed by atoms with van der Waals surface area (Å²) in [6.07, 6.45) is 6.00. The number of likely N-dealkylation sites (tertiary alicyclic amines) is 2. The average Bonchev–Trinajstić information content (AvgIpc) is 2.83. The summed E-state index contributed by atoms with van der Waals surface area (Å²) in [6.45, 7) is 3.57. The van der Waals surface area contributed by atoms with E-state index in [-0.39, 0.29) is 29.7 Å².